The quantitative estimate of drug-likeness (QED) is 0.671. The lowest BCUT2D eigenvalue weighted by atomic mass is 10.2. The molecule has 1 amide bonds. The van der Waals surface area contributed by atoms with Crippen LogP contribution in [-0.2, 0) is 21.4 Å². The first-order chi connectivity index (χ1) is 9.45. The number of carbonyl (C=O) groups is 1. The zero-order valence-corrected chi connectivity index (χ0v) is 13.2. The van der Waals surface area contributed by atoms with Crippen LogP contribution in [0, 0.1) is 5.92 Å². The van der Waals surface area contributed by atoms with Crippen LogP contribution in [0.15, 0.2) is 29.2 Å². The fourth-order valence-electron chi connectivity index (χ4n) is 1.81. The molecule has 0 saturated heterocycles. The van der Waals surface area contributed by atoms with Crippen LogP contribution >= 0.6 is 12.4 Å². The lowest BCUT2D eigenvalue weighted by Gasteiger charge is -2.07. The Hall–Kier alpha value is -1.15. The standard InChI is InChI=1S/C13H19N3O3S.ClH/c14-20(18,19)12-3-1-2-11(6-12)8-16-13(17)9-15-7-10-4-5-10;/h1-3,6,10,15H,4-5,7-9H2,(H,16,17)(H2,14,18,19);1H. The molecule has 0 atom stereocenters. The Labute approximate surface area is 130 Å². The molecule has 0 aromatic heterocycles. The summed E-state index contributed by atoms with van der Waals surface area (Å²) in [5.41, 5.74) is 0.701. The van der Waals surface area contributed by atoms with Crippen LogP contribution in [0.3, 0.4) is 0 Å². The van der Waals surface area contributed by atoms with Gasteiger partial charge >= 0.3 is 0 Å². The predicted molar refractivity (Wildman–Crippen MR) is 82.5 cm³/mol. The molecule has 1 fully saturated rings. The Balaban J connectivity index is 0.00000220. The van der Waals surface area contributed by atoms with E-state index in [2.05, 4.69) is 10.6 Å². The number of amides is 1. The third-order valence-electron chi connectivity index (χ3n) is 3.13. The van der Waals surface area contributed by atoms with E-state index in [1.165, 1.54) is 25.0 Å². The molecule has 118 valence electrons. The molecule has 0 unspecified atom stereocenters. The Kier molecular flexibility index (Phi) is 6.60. The highest BCUT2D eigenvalue weighted by atomic mass is 35.5. The molecule has 21 heavy (non-hydrogen) atoms. The fraction of sp³-hybridized carbons (Fsp3) is 0.462. The second-order valence-electron chi connectivity index (χ2n) is 5.04. The van der Waals surface area contributed by atoms with Gasteiger partial charge < -0.3 is 10.6 Å². The van der Waals surface area contributed by atoms with Gasteiger partial charge in [0.05, 0.1) is 11.4 Å². The van der Waals surface area contributed by atoms with Crippen molar-refractivity contribution in [2.45, 2.75) is 24.3 Å². The van der Waals surface area contributed by atoms with Gasteiger partial charge in [0.2, 0.25) is 15.9 Å². The number of nitrogens with two attached hydrogens (primary N) is 1. The van der Waals surface area contributed by atoms with Gasteiger partial charge in [0.25, 0.3) is 0 Å². The number of primary sulfonamides is 1. The van der Waals surface area contributed by atoms with Gasteiger partial charge in [0.15, 0.2) is 0 Å². The number of hydrogen-bond acceptors (Lipinski definition) is 4. The van der Waals surface area contributed by atoms with Crippen molar-refractivity contribution < 1.29 is 13.2 Å². The summed E-state index contributed by atoms with van der Waals surface area (Å²) in [6.45, 7) is 1.45. The fourth-order valence-corrected chi connectivity index (χ4v) is 2.39. The molecule has 0 heterocycles. The number of nitrogens with one attached hydrogen (secondary N) is 2. The summed E-state index contributed by atoms with van der Waals surface area (Å²) in [5, 5.41) is 10.9. The predicted octanol–water partition coefficient (Wildman–Crippen LogP) is 0.372. The topological polar surface area (TPSA) is 101 Å². The monoisotopic (exact) mass is 333 g/mol. The normalized spacial score (nSPS) is 14.3. The van der Waals surface area contributed by atoms with Crippen molar-refractivity contribution in [1.82, 2.24) is 10.6 Å². The van der Waals surface area contributed by atoms with Gasteiger partial charge in [-0.05, 0) is 43.0 Å². The van der Waals surface area contributed by atoms with Crippen molar-refractivity contribution in [1.29, 1.82) is 0 Å². The van der Waals surface area contributed by atoms with E-state index in [4.69, 9.17) is 5.14 Å². The highest BCUT2D eigenvalue weighted by molar-refractivity contribution is 7.89. The molecule has 0 aliphatic heterocycles. The minimum atomic E-state index is -3.71. The van der Waals surface area contributed by atoms with Gasteiger partial charge in [-0.25, -0.2) is 13.6 Å². The minimum Gasteiger partial charge on any atom is -0.351 e. The van der Waals surface area contributed by atoms with Gasteiger partial charge in [0.1, 0.15) is 0 Å². The highest BCUT2D eigenvalue weighted by Crippen LogP contribution is 2.27. The van der Waals surface area contributed by atoms with Gasteiger partial charge in [-0.3, -0.25) is 4.79 Å². The minimum absolute atomic E-state index is 0. The number of rotatable bonds is 7. The largest absolute Gasteiger partial charge is 0.351 e. The molecular formula is C13H20ClN3O3S. The molecule has 1 aromatic carbocycles. The molecule has 6 nitrogen and oxygen atoms in total. The lowest BCUT2D eigenvalue weighted by molar-refractivity contribution is -0.120. The molecule has 1 saturated carbocycles. The first-order valence-corrected chi connectivity index (χ1v) is 8.09. The number of carbonyl (C=O) groups excluding carboxylic acids is 1. The summed E-state index contributed by atoms with van der Waals surface area (Å²) in [6.07, 6.45) is 2.49. The van der Waals surface area contributed by atoms with E-state index in [0.717, 1.165) is 12.5 Å². The van der Waals surface area contributed by atoms with Crippen LogP contribution in [0.5, 0.6) is 0 Å². The molecule has 8 heteroatoms. The van der Waals surface area contributed by atoms with Crippen molar-refractivity contribution >= 4 is 28.3 Å². The van der Waals surface area contributed by atoms with E-state index in [1.807, 2.05) is 0 Å². The summed E-state index contributed by atoms with van der Waals surface area (Å²) in [4.78, 5) is 11.6. The van der Waals surface area contributed by atoms with E-state index >= 15 is 0 Å². The summed E-state index contributed by atoms with van der Waals surface area (Å²) in [5.74, 6) is 0.626. The van der Waals surface area contributed by atoms with Crippen LogP contribution in [0.4, 0.5) is 0 Å². The van der Waals surface area contributed by atoms with E-state index < -0.39 is 10.0 Å². The molecule has 2 rings (SSSR count). The highest BCUT2D eigenvalue weighted by Gasteiger charge is 2.20. The Bertz CT molecular complexity index is 588. The smallest absolute Gasteiger partial charge is 0.238 e. The van der Waals surface area contributed by atoms with Crippen molar-refractivity contribution in [3.05, 3.63) is 29.8 Å². The summed E-state index contributed by atoms with van der Waals surface area (Å²) in [7, 11) is -3.71. The molecule has 0 bridgehead atoms. The first-order valence-electron chi connectivity index (χ1n) is 6.54. The summed E-state index contributed by atoms with van der Waals surface area (Å²) < 4.78 is 22.4. The van der Waals surface area contributed by atoms with Crippen LogP contribution in [0.2, 0.25) is 0 Å². The molecule has 0 radical (unpaired) electrons. The van der Waals surface area contributed by atoms with Crippen LogP contribution in [0.1, 0.15) is 18.4 Å². The zero-order chi connectivity index (χ0) is 14.6. The molecule has 4 N–H and O–H groups in total. The van der Waals surface area contributed by atoms with E-state index in [-0.39, 0.29) is 36.3 Å². The van der Waals surface area contributed by atoms with Gasteiger partial charge in [0, 0.05) is 6.54 Å². The summed E-state index contributed by atoms with van der Waals surface area (Å²) in [6, 6.07) is 6.24. The van der Waals surface area contributed by atoms with E-state index in [0.29, 0.717) is 5.56 Å². The van der Waals surface area contributed by atoms with Crippen LogP contribution < -0.4 is 15.8 Å². The number of benzene rings is 1. The molecule has 1 aliphatic carbocycles. The van der Waals surface area contributed by atoms with Gasteiger partial charge in [-0.1, -0.05) is 12.1 Å². The van der Waals surface area contributed by atoms with Gasteiger partial charge in [-0.2, -0.15) is 0 Å². The first kappa shape index (κ1) is 17.9. The second-order valence-corrected chi connectivity index (χ2v) is 6.60. The maximum atomic E-state index is 11.6. The number of sulfonamides is 1. The molecule has 1 aromatic rings. The second kappa shape index (κ2) is 7.74. The molecule has 1 aliphatic rings. The lowest BCUT2D eigenvalue weighted by Crippen LogP contribution is -2.34. The third-order valence-corrected chi connectivity index (χ3v) is 4.04. The zero-order valence-electron chi connectivity index (χ0n) is 11.5. The maximum absolute atomic E-state index is 11.6. The van der Waals surface area contributed by atoms with E-state index in [9.17, 15) is 13.2 Å². The average molecular weight is 334 g/mol. The Morgan fingerprint density at radius 1 is 1.33 bits per heavy atom. The molecule has 0 spiro atoms. The number of halogens is 1. The van der Waals surface area contributed by atoms with E-state index in [1.54, 1.807) is 12.1 Å². The van der Waals surface area contributed by atoms with Crippen molar-refractivity contribution in [3.8, 4) is 0 Å². The van der Waals surface area contributed by atoms with Crippen molar-refractivity contribution in [3.63, 3.8) is 0 Å². The third kappa shape index (κ3) is 6.43. The molecular weight excluding hydrogens is 314 g/mol. The van der Waals surface area contributed by atoms with Crippen LogP contribution in [-0.4, -0.2) is 27.4 Å². The van der Waals surface area contributed by atoms with Crippen LogP contribution in [0.25, 0.3) is 0 Å². The SMILES string of the molecule is Cl.NS(=O)(=O)c1cccc(CNC(=O)CNCC2CC2)c1. The Morgan fingerprint density at radius 3 is 2.67 bits per heavy atom. The average Bonchev–Trinajstić information content (AvgIpc) is 3.20. The van der Waals surface area contributed by atoms with Crippen molar-refractivity contribution in [2.24, 2.45) is 11.1 Å². The summed E-state index contributed by atoms with van der Waals surface area (Å²) >= 11 is 0. The van der Waals surface area contributed by atoms with Crippen molar-refractivity contribution in [2.75, 3.05) is 13.1 Å². The van der Waals surface area contributed by atoms with Gasteiger partial charge in [-0.15, -0.1) is 12.4 Å². The maximum Gasteiger partial charge on any atom is 0.238 e. The Morgan fingerprint density at radius 2 is 2.05 bits per heavy atom. The number of hydrogen-bond donors (Lipinski definition) is 3.